The Hall–Kier alpha value is -3.88. The van der Waals surface area contributed by atoms with Gasteiger partial charge in [0.15, 0.2) is 0 Å². The van der Waals surface area contributed by atoms with Crippen LogP contribution in [0.15, 0.2) is 41.0 Å². The number of carbonyl (C=O) groups is 3. The molecule has 194 valence electrons. The minimum absolute atomic E-state index is 0.0965. The maximum atomic E-state index is 13.5. The summed E-state index contributed by atoms with van der Waals surface area (Å²) in [6, 6.07) is 9.03. The van der Waals surface area contributed by atoms with Gasteiger partial charge in [-0.15, -0.1) is 0 Å². The lowest BCUT2D eigenvalue weighted by Gasteiger charge is -2.36. The van der Waals surface area contributed by atoms with Crippen LogP contribution in [0, 0.1) is 19.8 Å². The van der Waals surface area contributed by atoms with E-state index in [1.807, 2.05) is 59.1 Å². The van der Waals surface area contributed by atoms with Gasteiger partial charge in [0.25, 0.3) is 11.8 Å². The van der Waals surface area contributed by atoms with Gasteiger partial charge in [-0.25, -0.2) is 0 Å². The van der Waals surface area contributed by atoms with Crippen molar-refractivity contribution in [3.05, 3.63) is 70.4 Å². The van der Waals surface area contributed by atoms with Crippen LogP contribution in [0.25, 0.3) is 0 Å². The van der Waals surface area contributed by atoms with E-state index in [-0.39, 0.29) is 36.2 Å². The Morgan fingerprint density at radius 2 is 1.86 bits per heavy atom. The minimum Gasteiger partial charge on any atom is -0.467 e. The first kappa shape index (κ1) is 24.8. The van der Waals surface area contributed by atoms with Crippen molar-refractivity contribution in [2.24, 2.45) is 13.0 Å². The number of rotatable bonds is 6. The third-order valence-corrected chi connectivity index (χ3v) is 8.02. The number of anilines is 1. The second kappa shape index (κ2) is 9.53. The first-order chi connectivity index (χ1) is 17.7. The minimum atomic E-state index is -0.275. The fraction of sp³-hybridized carbons (Fsp3) is 0.429. The molecule has 2 aromatic heterocycles. The smallest absolute Gasteiger partial charge is 0.263 e. The van der Waals surface area contributed by atoms with Crippen molar-refractivity contribution in [1.29, 1.82) is 0 Å². The van der Waals surface area contributed by atoms with Gasteiger partial charge in [0.2, 0.25) is 5.91 Å². The lowest BCUT2D eigenvalue weighted by molar-refractivity contribution is -0.137. The highest BCUT2D eigenvalue weighted by Crippen LogP contribution is 2.35. The van der Waals surface area contributed by atoms with E-state index in [0.717, 1.165) is 28.4 Å². The Bertz CT molecular complexity index is 1350. The molecule has 0 saturated carbocycles. The summed E-state index contributed by atoms with van der Waals surface area (Å²) in [5, 5.41) is 4.42. The molecule has 1 fully saturated rings. The molecule has 0 bridgehead atoms. The summed E-state index contributed by atoms with van der Waals surface area (Å²) in [5.41, 5.74) is 4.31. The molecule has 1 saturated heterocycles. The molecule has 3 amide bonds. The number of hydrogen-bond donors (Lipinski definition) is 0. The van der Waals surface area contributed by atoms with Gasteiger partial charge in [-0.2, -0.15) is 5.10 Å². The highest BCUT2D eigenvalue weighted by atomic mass is 16.3. The summed E-state index contributed by atoms with van der Waals surface area (Å²) < 4.78 is 7.25. The Labute approximate surface area is 216 Å². The molecular weight excluding hydrogens is 470 g/mol. The van der Waals surface area contributed by atoms with Crippen LogP contribution < -0.4 is 4.90 Å². The van der Waals surface area contributed by atoms with Crippen molar-refractivity contribution in [2.75, 3.05) is 25.0 Å². The van der Waals surface area contributed by atoms with Crippen LogP contribution >= 0.6 is 0 Å². The molecule has 0 aliphatic carbocycles. The summed E-state index contributed by atoms with van der Waals surface area (Å²) in [6.45, 7) is 7.27. The van der Waals surface area contributed by atoms with Crippen LogP contribution in [-0.4, -0.2) is 57.4 Å². The van der Waals surface area contributed by atoms with Crippen LogP contribution in [0.1, 0.15) is 69.2 Å². The van der Waals surface area contributed by atoms with E-state index in [1.54, 1.807) is 21.9 Å². The Balaban J connectivity index is 1.30. The predicted octanol–water partition coefficient (Wildman–Crippen LogP) is 3.86. The Morgan fingerprint density at radius 3 is 2.49 bits per heavy atom. The van der Waals surface area contributed by atoms with E-state index in [2.05, 4.69) is 10.00 Å². The molecule has 0 N–H and O–H groups in total. The van der Waals surface area contributed by atoms with E-state index in [4.69, 9.17) is 4.42 Å². The average molecular weight is 504 g/mol. The van der Waals surface area contributed by atoms with E-state index < -0.39 is 0 Å². The number of piperidine rings is 1. The maximum Gasteiger partial charge on any atom is 0.263 e. The molecule has 1 unspecified atom stereocenters. The standard InChI is InChI=1S/C28H33N5O4/c1-17-22(18(2)31(5)29-17)16-33-27(35)21-8-6-9-23(25(21)28(33)36)32-13-11-20(12-14-32)26(34)30(4)19(3)24-10-7-15-37-24/h6-10,15,19-20H,11-14,16H2,1-5H3. The normalized spacial score (nSPS) is 16.9. The topological polar surface area (TPSA) is 91.9 Å². The van der Waals surface area contributed by atoms with Crippen molar-refractivity contribution in [2.45, 2.75) is 46.2 Å². The molecule has 1 aromatic carbocycles. The third-order valence-electron chi connectivity index (χ3n) is 8.02. The molecule has 4 heterocycles. The first-order valence-electron chi connectivity index (χ1n) is 12.7. The largest absolute Gasteiger partial charge is 0.467 e. The number of furan rings is 1. The zero-order valence-corrected chi connectivity index (χ0v) is 22.0. The number of aromatic nitrogens is 2. The second-order valence-electron chi connectivity index (χ2n) is 10.1. The zero-order valence-electron chi connectivity index (χ0n) is 22.0. The summed E-state index contributed by atoms with van der Waals surface area (Å²) in [4.78, 5) is 45.2. The van der Waals surface area contributed by atoms with Gasteiger partial charge in [-0.3, -0.25) is 24.0 Å². The molecule has 9 heteroatoms. The van der Waals surface area contributed by atoms with Crippen LogP contribution in [0.3, 0.4) is 0 Å². The SMILES string of the molecule is Cc1nn(C)c(C)c1CN1C(=O)c2cccc(N3CCC(C(=O)N(C)C(C)c4ccco4)CC3)c2C1=O. The van der Waals surface area contributed by atoms with E-state index in [9.17, 15) is 14.4 Å². The molecule has 37 heavy (non-hydrogen) atoms. The highest BCUT2D eigenvalue weighted by molar-refractivity contribution is 6.23. The number of aryl methyl sites for hydroxylation is 2. The number of fused-ring (bicyclic) bond motifs is 1. The monoisotopic (exact) mass is 503 g/mol. The van der Waals surface area contributed by atoms with Crippen molar-refractivity contribution in [3.8, 4) is 0 Å². The van der Waals surface area contributed by atoms with Crippen molar-refractivity contribution in [3.63, 3.8) is 0 Å². The van der Waals surface area contributed by atoms with E-state index in [0.29, 0.717) is 37.1 Å². The lowest BCUT2D eigenvalue weighted by atomic mass is 9.93. The van der Waals surface area contributed by atoms with Gasteiger partial charge in [0.1, 0.15) is 5.76 Å². The van der Waals surface area contributed by atoms with Gasteiger partial charge < -0.3 is 14.2 Å². The van der Waals surface area contributed by atoms with Crippen LogP contribution in [0.4, 0.5) is 5.69 Å². The fourth-order valence-corrected chi connectivity index (χ4v) is 5.49. The predicted molar refractivity (Wildman–Crippen MR) is 138 cm³/mol. The molecule has 2 aliphatic rings. The summed E-state index contributed by atoms with van der Waals surface area (Å²) in [7, 11) is 3.67. The maximum absolute atomic E-state index is 13.5. The molecule has 0 spiro atoms. The average Bonchev–Trinajstić information content (AvgIpc) is 3.59. The summed E-state index contributed by atoms with van der Waals surface area (Å²) >= 11 is 0. The number of imide groups is 1. The molecular formula is C28H33N5O4. The fourth-order valence-electron chi connectivity index (χ4n) is 5.49. The molecule has 2 aliphatic heterocycles. The van der Waals surface area contributed by atoms with Crippen molar-refractivity contribution < 1.29 is 18.8 Å². The number of hydrogen-bond acceptors (Lipinski definition) is 6. The lowest BCUT2D eigenvalue weighted by Crippen LogP contribution is -2.42. The van der Waals surface area contributed by atoms with E-state index in [1.165, 1.54) is 4.90 Å². The quantitative estimate of drug-likeness (QED) is 0.475. The number of nitrogens with zero attached hydrogens (tertiary/aromatic N) is 5. The van der Waals surface area contributed by atoms with Crippen molar-refractivity contribution in [1.82, 2.24) is 19.6 Å². The van der Waals surface area contributed by atoms with Crippen LogP contribution in [-0.2, 0) is 18.4 Å². The van der Waals surface area contributed by atoms with Gasteiger partial charge in [0, 0.05) is 44.4 Å². The number of benzene rings is 1. The van der Waals surface area contributed by atoms with Crippen LogP contribution in [0.5, 0.6) is 0 Å². The van der Waals surface area contributed by atoms with Gasteiger partial charge in [-0.05, 0) is 57.9 Å². The molecule has 9 nitrogen and oxygen atoms in total. The number of carbonyl (C=O) groups excluding carboxylic acids is 3. The summed E-state index contributed by atoms with van der Waals surface area (Å²) in [6.07, 6.45) is 2.97. The molecule has 3 aromatic rings. The number of amides is 3. The van der Waals surface area contributed by atoms with Gasteiger partial charge in [-0.1, -0.05) is 6.07 Å². The highest BCUT2D eigenvalue weighted by Gasteiger charge is 2.40. The van der Waals surface area contributed by atoms with Crippen molar-refractivity contribution >= 4 is 23.4 Å². The molecule has 5 rings (SSSR count). The van der Waals surface area contributed by atoms with E-state index >= 15 is 0 Å². The van der Waals surface area contributed by atoms with Gasteiger partial charge in [0.05, 0.1) is 41.4 Å². The first-order valence-corrected chi connectivity index (χ1v) is 12.7. The Kier molecular flexibility index (Phi) is 6.39. The van der Waals surface area contributed by atoms with Crippen LogP contribution in [0.2, 0.25) is 0 Å². The Morgan fingerprint density at radius 1 is 1.14 bits per heavy atom. The molecule has 1 atom stereocenters. The zero-order chi connectivity index (χ0) is 26.4. The second-order valence-corrected chi connectivity index (χ2v) is 10.1. The van der Waals surface area contributed by atoms with Gasteiger partial charge >= 0.3 is 0 Å². The third kappa shape index (κ3) is 4.22. The summed E-state index contributed by atoms with van der Waals surface area (Å²) in [5.74, 6) is 0.214. The molecule has 0 radical (unpaired) electrons.